The van der Waals surface area contributed by atoms with Crippen molar-refractivity contribution in [1.29, 1.82) is 0 Å². The van der Waals surface area contributed by atoms with E-state index in [1.54, 1.807) is 0 Å². The summed E-state index contributed by atoms with van der Waals surface area (Å²) in [6.45, 7) is 14.3. The van der Waals surface area contributed by atoms with Crippen LogP contribution in [0.25, 0.3) is 0 Å². The zero-order valence-electron chi connectivity index (χ0n) is 15.5. The zero-order chi connectivity index (χ0) is 17.6. The van der Waals surface area contributed by atoms with Crippen molar-refractivity contribution in [3.8, 4) is 0 Å². The second kappa shape index (κ2) is 6.20. The van der Waals surface area contributed by atoms with E-state index >= 15 is 0 Å². The Morgan fingerprint density at radius 2 is 1.74 bits per heavy atom. The summed E-state index contributed by atoms with van der Waals surface area (Å²) in [7, 11) is -0.448. The van der Waals surface area contributed by atoms with Crippen LogP contribution in [-0.4, -0.2) is 58.2 Å². The Hall–Kier alpha value is -0.313. The lowest BCUT2D eigenvalue weighted by molar-refractivity contribution is -0.225. The zero-order valence-corrected chi connectivity index (χ0v) is 16.5. The summed E-state index contributed by atoms with van der Waals surface area (Å²) in [5, 5.41) is 0.0520. The smallest absolute Gasteiger partial charge is 0.192 e. The van der Waals surface area contributed by atoms with Gasteiger partial charge in [-0.1, -0.05) is 20.8 Å². The highest BCUT2D eigenvalue weighted by Crippen LogP contribution is 2.40. The summed E-state index contributed by atoms with van der Waals surface area (Å²) in [6.07, 6.45) is -2.15. The molecule has 0 aliphatic carbocycles. The fraction of sp³-hybridized carbons (Fsp3) is 0.938. The minimum absolute atomic E-state index is 0.0323. The molecule has 0 bridgehead atoms. The van der Waals surface area contributed by atoms with E-state index in [0.29, 0.717) is 0 Å². The van der Waals surface area contributed by atoms with E-state index < -0.39 is 38.7 Å². The van der Waals surface area contributed by atoms with Crippen LogP contribution < -0.4 is 0 Å². The van der Waals surface area contributed by atoms with Gasteiger partial charge in [0.25, 0.3) is 0 Å². The number of rotatable bonds is 5. The first kappa shape index (κ1) is 19.0. The van der Waals surface area contributed by atoms with Gasteiger partial charge in [0.2, 0.25) is 0 Å². The molecule has 0 unspecified atom stereocenters. The number of fused-ring (bicyclic) bond motifs is 1. The van der Waals surface area contributed by atoms with Crippen LogP contribution in [0.15, 0.2) is 0 Å². The quantitative estimate of drug-likeness (QED) is 0.713. The van der Waals surface area contributed by atoms with E-state index in [4.69, 9.17) is 23.4 Å². The molecule has 2 aliphatic rings. The molecule has 2 saturated heterocycles. The summed E-state index contributed by atoms with van der Waals surface area (Å²) in [4.78, 5) is 12.6. The summed E-state index contributed by atoms with van der Waals surface area (Å²) in [5.74, 6) is -0.861. The summed E-state index contributed by atoms with van der Waals surface area (Å²) in [6, 6.07) is 0. The van der Waals surface area contributed by atoms with Crippen molar-refractivity contribution >= 4 is 14.1 Å². The fourth-order valence-electron chi connectivity index (χ4n) is 2.56. The third-order valence-corrected chi connectivity index (χ3v) is 9.42. The van der Waals surface area contributed by atoms with Gasteiger partial charge in [0.15, 0.2) is 32.3 Å². The van der Waals surface area contributed by atoms with Crippen LogP contribution in [0.3, 0.4) is 0 Å². The topological polar surface area (TPSA) is 63.2 Å². The molecule has 6 nitrogen and oxygen atoms in total. The van der Waals surface area contributed by atoms with Crippen molar-refractivity contribution in [3.05, 3.63) is 0 Å². The van der Waals surface area contributed by atoms with Crippen LogP contribution in [-0.2, 0) is 28.2 Å². The van der Waals surface area contributed by atoms with Gasteiger partial charge >= 0.3 is 0 Å². The predicted molar refractivity (Wildman–Crippen MR) is 87.7 cm³/mol. The number of hydrogen-bond acceptors (Lipinski definition) is 6. The molecular formula is C16H30O6Si. The maximum atomic E-state index is 12.6. The highest BCUT2D eigenvalue weighted by atomic mass is 28.4. The molecule has 23 heavy (non-hydrogen) atoms. The molecule has 4 atom stereocenters. The Morgan fingerprint density at radius 3 is 2.26 bits per heavy atom. The maximum absolute atomic E-state index is 12.6. The van der Waals surface area contributed by atoms with Gasteiger partial charge in [-0.05, 0) is 32.0 Å². The van der Waals surface area contributed by atoms with Crippen LogP contribution in [0.5, 0.6) is 0 Å². The Morgan fingerprint density at radius 1 is 1.17 bits per heavy atom. The third-order valence-electron chi connectivity index (χ3n) is 4.94. The van der Waals surface area contributed by atoms with Crippen molar-refractivity contribution < 1.29 is 28.2 Å². The number of methoxy groups -OCH3 is 1. The van der Waals surface area contributed by atoms with Crippen LogP contribution in [0, 0.1) is 0 Å². The molecule has 0 aromatic carbocycles. The first-order valence-corrected chi connectivity index (χ1v) is 11.0. The lowest BCUT2D eigenvalue weighted by atomic mass is 10.1. The van der Waals surface area contributed by atoms with E-state index in [1.807, 2.05) is 13.8 Å². The van der Waals surface area contributed by atoms with Gasteiger partial charge in [0, 0.05) is 7.11 Å². The van der Waals surface area contributed by atoms with E-state index in [1.165, 1.54) is 7.11 Å². The minimum Gasteiger partial charge on any atom is -0.409 e. The number of ether oxygens (including phenoxy) is 4. The van der Waals surface area contributed by atoms with Gasteiger partial charge in [-0.3, -0.25) is 4.79 Å². The minimum atomic E-state index is -1.99. The Labute approximate surface area is 139 Å². The molecule has 0 aromatic heterocycles. The Kier molecular flexibility index (Phi) is 5.13. The van der Waals surface area contributed by atoms with Crippen molar-refractivity contribution in [2.24, 2.45) is 0 Å². The molecule has 0 aromatic rings. The van der Waals surface area contributed by atoms with Crippen molar-refractivity contribution in [1.82, 2.24) is 0 Å². The van der Waals surface area contributed by atoms with Gasteiger partial charge < -0.3 is 23.4 Å². The molecule has 0 radical (unpaired) electrons. The normalized spacial score (nSPS) is 33.7. The molecule has 2 fully saturated rings. The highest BCUT2D eigenvalue weighted by molar-refractivity contribution is 6.74. The monoisotopic (exact) mass is 346 g/mol. The van der Waals surface area contributed by atoms with E-state index in [0.717, 1.165) is 0 Å². The van der Waals surface area contributed by atoms with Crippen LogP contribution >= 0.6 is 0 Å². The average Bonchev–Trinajstić information content (AvgIpc) is 2.87. The Balaban J connectivity index is 2.03. The molecule has 7 heteroatoms. The third kappa shape index (κ3) is 3.86. The van der Waals surface area contributed by atoms with Crippen molar-refractivity contribution in [2.75, 3.05) is 13.7 Å². The number of carbonyl (C=O) groups excluding carboxylic acids is 1. The number of Topliss-reactive ketones (excluding diaryl/α,β-unsaturated/α-hetero) is 1. The largest absolute Gasteiger partial charge is 0.409 e. The highest BCUT2D eigenvalue weighted by Gasteiger charge is 2.57. The van der Waals surface area contributed by atoms with Gasteiger partial charge in [-0.2, -0.15) is 0 Å². The van der Waals surface area contributed by atoms with E-state index in [9.17, 15) is 4.79 Å². The van der Waals surface area contributed by atoms with Crippen LogP contribution in [0.4, 0.5) is 0 Å². The molecule has 134 valence electrons. The van der Waals surface area contributed by atoms with Crippen LogP contribution in [0.1, 0.15) is 34.6 Å². The molecule has 0 saturated carbocycles. The van der Waals surface area contributed by atoms with Gasteiger partial charge in [-0.25, -0.2) is 0 Å². The fourth-order valence-corrected chi connectivity index (χ4v) is 3.50. The second-order valence-corrected chi connectivity index (χ2v) is 13.1. The summed E-state index contributed by atoms with van der Waals surface area (Å²) < 4.78 is 28.6. The molecule has 0 amide bonds. The van der Waals surface area contributed by atoms with Crippen LogP contribution in [0.2, 0.25) is 18.1 Å². The molecule has 2 heterocycles. The van der Waals surface area contributed by atoms with Crippen molar-refractivity contribution in [3.63, 3.8) is 0 Å². The Bertz CT molecular complexity index is 456. The van der Waals surface area contributed by atoms with E-state index in [-0.39, 0.29) is 17.4 Å². The predicted octanol–water partition coefficient (Wildman–Crippen LogP) is 2.47. The second-order valence-electron chi connectivity index (χ2n) is 8.24. The number of carbonyl (C=O) groups is 1. The first-order chi connectivity index (χ1) is 10.4. The first-order valence-electron chi connectivity index (χ1n) is 8.08. The number of hydrogen-bond donors (Lipinski definition) is 0. The standard InChI is InChI=1S/C16H30O6Si/c1-15(2,3)23(7,8)19-9-10(17)11-12-13(14(18-6)20-11)22-16(4,5)21-12/h11-14H,9H2,1-8H3/t11-,12-,13-,14-/m1/s1. The molecule has 2 rings (SSSR count). The molecule has 0 spiro atoms. The van der Waals surface area contributed by atoms with Gasteiger partial charge in [0.05, 0.1) is 6.61 Å². The SMILES string of the molecule is CO[C@@H]1O[C@H](C(=O)CO[Si](C)(C)C(C)(C)C)[C@H]2OC(C)(C)O[C@@H]12. The summed E-state index contributed by atoms with van der Waals surface area (Å²) in [5.41, 5.74) is 0. The lowest BCUT2D eigenvalue weighted by Gasteiger charge is -2.36. The van der Waals surface area contributed by atoms with Gasteiger partial charge in [0.1, 0.15) is 12.2 Å². The average molecular weight is 346 g/mol. The molecule has 2 aliphatic heterocycles. The molecule has 0 N–H and O–H groups in total. The molecular weight excluding hydrogens is 316 g/mol. The lowest BCUT2D eigenvalue weighted by Crippen LogP contribution is -2.45. The number of ketones is 1. The van der Waals surface area contributed by atoms with E-state index in [2.05, 4.69) is 33.9 Å². The van der Waals surface area contributed by atoms with Gasteiger partial charge in [-0.15, -0.1) is 0 Å². The summed E-state index contributed by atoms with van der Waals surface area (Å²) >= 11 is 0. The maximum Gasteiger partial charge on any atom is 0.192 e. The van der Waals surface area contributed by atoms with Crippen molar-refractivity contribution in [2.45, 2.75) is 83.1 Å².